The lowest BCUT2D eigenvalue weighted by molar-refractivity contribution is -0.214. The van der Waals surface area contributed by atoms with Crippen molar-refractivity contribution in [3.8, 4) is 0 Å². The van der Waals surface area contributed by atoms with Gasteiger partial charge in [-0.05, 0) is 30.0 Å². The number of cyclic esters (lactones) is 1. The molecule has 2 saturated carbocycles. The molecule has 45 heavy (non-hydrogen) atoms. The number of methoxy groups -OCH3 is 1. The maximum absolute atomic E-state index is 14.1. The van der Waals surface area contributed by atoms with E-state index in [9.17, 15) is 34.5 Å². The van der Waals surface area contributed by atoms with Gasteiger partial charge < -0.3 is 38.7 Å². The lowest BCUT2D eigenvalue weighted by Crippen LogP contribution is -2.68. The zero-order valence-corrected chi connectivity index (χ0v) is 26.6. The van der Waals surface area contributed by atoms with Gasteiger partial charge in [0, 0.05) is 29.6 Å². The van der Waals surface area contributed by atoms with Gasteiger partial charge in [-0.2, -0.15) is 0 Å². The summed E-state index contributed by atoms with van der Waals surface area (Å²) < 4.78 is 28.9. The molecular formula is C33H44O12. The number of rotatable bonds is 8. The zero-order valence-electron chi connectivity index (χ0n) is 26.6. The molecule has 1 aromatic rings. The van der Waals surface area contributed by atoms with Gasteiger partial charge in [0.05, 0.1) is 50.6 Å². The van der Waals surface area contributed by atoms with Crippen LogP contribution >= 0.6 is 0 Å². The van der Waals surface area contributed by atoms with Crippen molar-refractivity contribution in [2.75, 3.05) is 13.7 Å². The molecular weight excluding hydrogens is 588 g/mol. The van der Waals surface area contributed by atoms with Crippen LogP contribution in [0, 0.1) is 28.6 Å². The van der Waals surface area contributed by atoms with Gasteiger partial charge in [0.15, 0.2) is 17.5 Å². The molecule has 4 fully saturated rings. The molecule has 2 saturated heterocycles. The fraction of sp³-hybridized carbons (Fsp3) is 0.697. The third-order valence-corrected chi connectivity index (χ3v) is 11.8. The molecule has 0 bridgehead atoms. The molecule has 0 radical (unpaired) electrons. The molecule has 1 aromatic heterocycles. The van der Waals surface area contributed by atoms with Crippen LogP contribution < -0.4 is 0 Å². The van der Waals surface area contributed by atoms with E-state index in [-0.39, 0.29) is 24.8 Å². The number of ketones is 1. The largest absolute Gasteiger partial charge is 0.472 e. The molecule has 12 heteroatoms. The van der Waals surface area contributed by atoms with Crippen molar-refractivity contribution < 1.29 is 57.9 Å². The number of ether oxygens (including phenoxy) is 4. The van der Waals surface area contributed by atoms with Crippen LogP contribution in [0.1, 0.15) is 71.8 Å². The summed E-state index contributed by atoms with van der Waals surface area (Å²) in [5.41, 5.74) is -5.98. The average molecular weight is 633 g/mol. The van der Waals surface area contributed by atoms with E-state index in [2.05, 4.69) is 6.58 Å². The molecule has 12 unspecified atom stereocenters. The Labute approximate surface area is 262 Å². The van der Waals surface area contributed by atoms with E-state index in [0.717, 1.165) is 0 Å². The van der Waals surface area contributed by atoms with E-state index in [1.165, 1.54) is 26.6 Å². The van der Waals surface area contributed by atoms with Crippen molar-refractivity contribution in [3.63, 3.8) is 0 Å². The molecule has 0 spiro atoms. The molecule has 4 aliphatic rings. The van der Waals surface area contributed by atoms with Crippen LogP contribution in [0.25, 0.3) is 0 Å². The van der Waals surface area contributed by atoms with Gasteiger partial charge in [-0.25, -0.2) is 4.79 Å². The minimum absolute atomic E-state index is 0.0928. The fourth-order valence-electron chi connectivity index (χ4n) is 8.88. The summed E-state index contributed by atoms with van der Waals surface area (Å²) in [4.78, 5) is 53.7. The van der Waals surface area contributed by atoms with Crippen molar-refractivity contribution in [1.82, 2.24) is 0 Å². The number of esters is 3. The van der Waals surface area contributed by atoms with Gasteiger partial charge in [0.25, 0.3) is 0 Å². The number of hydrogen-bond acceptors (Lipinski definition) is 12. The number of hydrogen-bond donors (Lipinski definition) is 3. The second kappa shape index (κ2) is 11.3. The number of carbonyl (C=O) groups is 4. The van der Waals surface area contributed by atoms with Gasteiger partial charge in [-0.15, -0.1) is 0 Å². The van der Waals surface area contributed by atoms with Gasteiger partial charge in [-0.3, -0.25) is 14.4 Å². The summed E-state index contributed by atoms with van der Waals surface area (Å²) in [5.74, 6) is -5.88. The Kier molecular flexibility index (Phi) is 8.38. The molecule has 12 nitrogen and oxygen atoms in total. The molecule has 0 amide bonds. The van der Waals surface area contributed by atoms with Crippen molar-refractivity contribution >= 4 is 23.7 Å². The molecule has 248 valence electrons. The maximum atomic E-state index is 14.1. The van der Waals surface area contributed by atoms with E-state index in [1.54, 1.807) is 26.8 Å². The van der Waals surface area contributed by atoms with Gasteiger partial charge in [0.2, 0.25) is 0 Å². The molecule has 3 N–H and O–H groups in total. The van der Waals surface area contributed by atoms with Crippen molar-refractivity contribution in [2.24, 2.45) is 28.6 Å². The normalized spacial score (nSPS) is 42.1. The number of Topliss-reactive ketones (excluding diaryl/α,β-unsaturated/α-hetero) is 1. The molecule has 2 aliphatic heterocycles. The first-order valence-electron chi connectivity index (χ1n) is 15.5. The van der Waals surface area contributed by atoms with Gasteiger partial charge in [-0.1, -0.05) is 40.7 Å². The average Bonchev–Trinajstić information content (AvgIpc) is 3.68. The molecule has 2 aliphatic carbocycles. The Bertz CT molecular complexity index is 1370. The Morgan fingerprint density at radius 1 is 1.20 bits per heavy atom. The minimum atomic E-state index is -2.26. The van der Waals surface area contributed by atoms with Crippen LogP contribution in [0.5, 0.6) is 0 Å². The third kappa shape index (κ3) is 4.54. The maximum Gasteiger partial charge on any atom is 0.335 e. The summed E-state index contributed by atoms with van der Waals surface area (Å²) >= 11 is 0. The number of carbonyl (C=O) groups excluding carboxylic acids is 4. The second-order valence-corrected chi connectivity index (χ2v) is 13.9. The number of furan rings is 1. The second-order valence-electron chi connectivity index (χ2n) is 13.9. The quantitative estimate of drug-likeness (QED) is 0.217. The first kappa shape index (κ1) is 33.3. The number of fused-ring (bicyclic) bond motifs is 4. The highest BCUT2D eigenvalue weighted by Gasteiger charge is 2.79. The van der Waals surface area contributed by atoms with E-state index in [4.69, 9.17) is 23.4 Å². The third-order valence-electron chi connectivity index (χ3n) is 11.8. The SMILES string of the molecule is C=C1C2C(OC3CC(=O)OC(C)(CO)C(CC(=O)OC)C32C)C(OC(=O)C(O)C(C)CC)C2(C)C(c3ccoc3)CC(=O)C12O. The summed E-state index contributed by atoms with van der Waals surface area (Å²) in [6.45, 7) is 12.1. The summed E-state index contributed by atoms with van der Waals surface area (Å²) in [7, 11) is 1.22. The Hall–Kier alpha value is -3.06. The van der Waals surface area contributed by atoms with Gasteiger partial charge in [0.1, 0.15) is 17.8 Å². The van der Waals surface area contributed by atoms with E-state index in [1.807, 2.05) is 6.92 Å². The topological polar surface area (TPSA) is 179 Å². The van der Waals surface area contributed by atoms with Crippen LogP contribution in [0.2, 0.25) is 0 Å². The highest BCUT2D eigenvalue weighted by molar-refractivity contribution is 5.96. The zero-order chi connectivity index (χ0) is 33.3. The van der Waals surface area contributed by atoms with Crippen LogP contribution in [0.15, 0.2) is 35.2 Å². The first-order valence-corrected chi connectivity index (χ1v) is 15.5. The lowest BCUT2D eigenvalue weighted by atomic mass is 9.48. The minimum Gasteiger partial charge on any atom is -0.472 e. The summed E-state index contributed by atoms with van der Waals surface area (Å²) in [5, 5.41) is 34.2. The van der Waals surface area contributed by atoms with Crippen molar-refractivity contribution in [1.29, 1.82) is 0 Å². The summed E-state index contributed by atoms with van der Waals surface area (Å²) in [6, 6.07) is 1.67. The number of aliphatic hydroxyl groups excluding tert-OH is 2. The number of aliphatic hydroxyl groups is 3. The predicted octanol–water partition coefficient (Wildman–Crippen LogP) is 2.23. The Balaban J connectivity index is 1.73. The highest BCUT2D eigenvalue weighted by Crippen LogP contribution is 2.70. The first-order chi connectivity index (χ1) is 21.1. The van der Waals surface area contributed by atoms with Crippen molar-refractivity contribution in [2.45, 2.75) is 102 Å². The Morgan fingerprint density at radius 3 is 2.47 bits per heavy atom. The molecule has 0 aromatic carbocycles. The van der Waals surface area contributed by atoms with Crippen molar-refractivity contribution in [3.05, 3.63) is 36.3 Å². The molecule has 5 rings (SSSR count). The van der Waals surface area contributed by atoms with Crippen LogP contribution in [-0.4, -0.2) is 88.3 Å². The Morgan fingerprint density at radius 2 is 1.89 bits per heavy atom. The standard InChI is InChI=1S/C33H44O12/c1-8-16(2)26(38)29(39)44-28-27-25(17(3)33(40)21(35)11-19(32(28,33)6)18-9-10-42-14-18)31(5)20(12-23(36)41-7)30(4,15-34)45-24(37)13-22(31)43-27/h9-10,14,16,19-20,22,25-28,34,38,40H,3,8,11-13,15H2,1-2,4-7H3. The fourth-order valence-corrected chi connectivity index (χ4v) is 8.88. The van der Waals surface area contributed by atoms with E-state index >= 15 is 0 Å². The summed E-state index contributed by atoms with van der Waals surface area (Å²) in [6.07, 6.45) is -2.18. The van der Waals surface area contributed by atoms with E-state index < -0.39 is 100 Å². The monoisotopic (exact) mass is 632 g/mol. The van der Waals surface area contributed by atoms with Crippen LogP contribution in [0.3, 0.4) is 0 Å². The van der Waals surface area contributed by atoms with Crippen LogP contribution in [0.4, 0.5) is 0 Å². The van der Waals surface area contributed by atoms with Crippen LogP contribution in [-0.2, 0) is 38.1 Å². The molecule has 3 heterocycles. The highest BCUT2D eigenvalue weighted by atomic mass is 16.6. The smallest absolute Gasteiger partial charge is 0.335 e. The van der Waals surface area contributed by atoms with E-state index in [0.29, 0.717) is 12.0 Å². The predicted molar refractivity (Wildman–Crippen MR) is 155 cm³/mol. The lowest BCUT2D eigenvalue weighted by Gasteiger charge is -2.57. The molecule has 12 atom stereocenters. The van der Waals surface area contributed by atoms with Gasteiger partial charge >= 0.3 is 17.9 Å².